The molecule has 0 radical (unpaired) electrons. The van der Waals surface area contributed by atoms with E-state index in [1.54, 1.807) is 4.90 Å². The molecule has 1 unspecified atom stereocenters. The summed E-state index contributed by atoms with van der Waals surface area (Å²) in [5.74, 6) is 0.547. The van der Waals surface area contributed by atoms with Crippen LogP contribution >= 0.6 is 0 Å². The third-order valence-corrected chi connectivity index (χ3v) is 3.67. The van der Waals surface area contributed by atoms with Gasteiger partial charge in [-0.3, -0.25) is 4.79 Å². The minimum atomic E-state index is -0.710. The lowest BCUT2D eigenvalue weighted by molar-refractivity contribution is -0.132. The summed E-state index contributed by atoms with van der Waals surface area (Å²) in [5, 5.41) is 13.3. The predicted octanol–water partition coefficient (Wildman–Crippen LogP) is 1.18. The van der Waals surface area contributed by atoms with E-state index in [0.29, 0.717) is 5.92 Å². The van der Waals surface area contributed by atoms with E-state index >= 15 is 0 Å². The molecule has 104 valence electrons. The Kier molecular flexibility index (Phi) is 4.93. The van der Waals surface area contributed by atoms with Crippen LogP contribution in [-0.2, 0) is 4.79 Å². The summed E-state index contributed by atoms with van der Waals surface area (Å²) in [4.78, 5) is 13.8. The number of hydrogen-bond acceptors (Lipinski definition) is 3. The van der Waals surface area contributed by atoms with Crippen molar-refractivity contribution in [3.63, 3.8) is 0 Å². The fraction of sp³-hybridized carbons (Fsp3) is 0.533. The van der Waals surface area contributed by atoms with Gasteiger partial charge in [0.1, 0.15) is 0 Å². The minimum Gasteiger partial charge on any atom is -0.388 e. The van der Waals surface area contributed by atoms with Gasteiger partial charge in [-0.15, -0.1) is 0 Å². The third kappa shape index (κ3) is 4.04. The van der Waals surface area contributed by atoms with E-state index in [0.717, 1.165) is 31.6 Å². The Labute approximate surface area is 114 Å². The van der Waals surface area contributed by atoms with E-state index in [4.69, 9.17) is 0 Å². The van der Waals surface area contributed by atoms with E-state index in [1.807, 2.05) is 37.4 Å². The van der Waals surface area contributed by atoms with Gasteiger partial charge >= 0.3 is 0 Å². The Morgan fingerprint density at radius 1 is 1.47 bits per heavy atom. The van der Waals surface area contributed by atoms with Crippen LogP contribution in [0.1, 0.15) is 24.5 Å². The number of amides is 1. The van der Waals surface area contributed by atoms with Gasteiger partial charge in [0.15, 0.2) is 0 Å². The maximum absolute atomic E-state index is 12.1. The molecule has 2 N–H and O–H groups in total. The predicted molar refractivity (Wildman–Crippen MR) is 74.6 cm³/mol. The van der Waals surface area contributed by atoms with E-state index in [-0.39, 0.29) is 12.3 Å². The molecule has 1 fully saturated rings. The first-order chi connectivity index (χ1) is 9.16. The Morgan fingerprint density at radius 3 is 2.84 bits per heavy atom. The lowest BCUT2D eigenvalue weighted by Gasteiger charge is -2.22. The highest BCUT2D eigenvalue weighted by molar-refractivity contribution is 5.76. The van der Waals surface area contributed by atoms with E-state index in [1.165, 1.54) is 0 Å². The molecule has 4 nitrogen and oxygen atoms in total. The normalized spacial score (nSPS) is 20.2. The molecule has 1 aromatic rings. The Morgan fingerprint density at radius 2 is 2.21 bits per heavy atom. The second kappa shape index (κ2) is 6.68. The molecule has 0 aliphatic carbocycles. The first-order valence-corrected chi connectivity index (χ1v) is 6.84. The van der Waals surface area contributed by atoms with Crippen molar-refractivity contribution in [2.75, 3.05) is 26.7 Å². The number of nitrogens with one attached hydrogen (secondary N) is 1. The Bertz CT molecular complexity index is 402. The third-order valence-electron chi connectivity index (χ3n) is 3.67. The van der Waals surface area contributed by atoms with Gasteiger partial charge in [-0.1, -0.05) is 30.3 Å². The van der Waals surface area contributed by atoms with Gasteiger partial charge in [-0.05, 0) is 31.0 Å². The van der Waals surface area contributed by atoms with Crippen molar-refractivity contribution in [3.8, 4) is 0 Å². The summed E-state index contributed by atoms with van der Waals surface area (Å²) < 4.78 is 0. The van der Waals surface area contributed by atoms with Crippen molar-refractivity contribution in [2.24, 2.45) is 5.92 Å². The number of aliphatic hydroxyl groups excluding tert-OH is 1. The molecule has 0 aromatic heterocycles. The molecule has 0 spiro atoms. The molecule has 0 saturated carbocycles. The summed E-state index contributed by atoms with van der Waals surface area (Å²) in [6.07, 6.45) is 0.567. The molecule has 2 atom stereocenters. The van der Waals surface area contributed by atoms with Gasteiger partial charge in [-0.25, -0.2) is 0 Å². The summed E-state index contributed by atoms with van der Waals surface area (Å²) in [5.41, 5.74) is 0.798. The number of carbonyl (C=O) groups excluding carboxylic acids is 1. The second-order valence-electron chi connectivity index (χ2n) is 5.26. The standard InChI is InChI=1S/C15H22N2O2/c1-17(11-12-7-8-16-10-12)15(19)9-14(18)13-5-3-2-4-6-13/h2-6,12,14,16,18H,7-11H2,1H3/t12?,14-/m1/s1. The molecule has 2 rings (SSSR count). The number of nitrogens with zero attached hydrogens (tertiary/aromatic N) is 1. The smallest absolute Gasteiger partial charge is 0.225 e. The zero-order chi connectivity index (χ0) is 13.7. The lowest BCUT2D eigenvalue weighted by Crippen LogP contribution is -2.33. The first kappa shape index (κ1) is 14.0. The number of hydrogen-bond donors (Lipinski definition) is 2. The average Bonchev–Trinajstić information content (AvgIpc) is 2.92. The fourth-order valence-corrected chi connectivity index (χ4v) is 2.47. The van der Waals surface area contributed by atoms with Crippen LogP contribution in [-0.4, -0.2) is 42.6 Å². The molecule has 4 heteroatoms. The van der Waals surface area contributed by atoms with Crippen molar-refractivity contribution >= 4 is 5.91 Å². The molecule has 1 aliphatic heterocycles. The number of rotatable bonds is 5. The highest BCUT2D eigenvalue weighted by atomic mass is 16.3. The van der Waals surface area contributed by atoms with E-state index in [2.05, 4.69) is 5.32 Å². The molecule has 1 amide bonds. The van der Waals surface area contributed by atoms with Crippen LogP contribution in [0.15, 0.2) is 30.3 Å². The summed E-state index contributed by atoms with van der Waals surface area (Å²) >= 11 is 0. The van der Waals surface area contributed by atoms with Crippen LogP contribution in [0, 0.1) is 5.92 Å². The van der Waals surface area contributed by atoms with Crippen LogP contribution in [0.5, 0.6) is 0 Å². The van der Waals surface area contributed by atoms with Gasteiger partial charge in [0.05, 0.1) is 12.5 Å². The molecular formula is C15H22N2O2. The number of carbonyl (C=O) groups is 1. The van der Waals surface area contributed by atoms with Crippen LogP contribution in [0.25, 0.3) is 0 Å². The zero-order valence-electron chi connectivity index (χ0n) is 11.4. The largest absolute Gasteiger partial charge is 0.388 e. The quantitative estimate of drug-likeness (QED) is 0.838. The number of benzene rings is 1. The lowest BCUT2D eigenvalue weighted by atomic mass is 10.1. The Balaban J connectivity index is 1.82. The minimum absolute atomic E-state index is 0.00301. The first-order valence-electron chi connectivity index (χ1n) is 6.84. The van der Waals surface area contributed by atoms with Crippen molar-refractivity contribution in [1.29, 1.82) is 0 Å². The van der Waals surface area contributed by atoms with Crippen LogP contribution in [0.4, 0.5) is 0 Å². The maximum atomic E-state index is 12.1. The SMILES string of the molecule is CN(CC1CCNC1)C(=O)C[C@@H](O)c1ccccc1. The monoisotopic (exact) mass is 262 g/mol. The van der Waals surface area contributed by atoms with E-state index in [9.17, 15) is 9.90 Å². The second-order valence-corrected chi connectivity index (χ2v) is 5.26. The summed E-state index contributed by atoms with van der Waals surface area (Å²) in [6, 6.07) is 9.34. The van der Waals surface area contributed by atoms with Gasteiger partial charge < -0.3 is 15.3 Å². The molecule has 19 heavy (non-hydrogen) atoms. The van der Waals surface area contributed by atoms with Crippen LogP contribution in [0.2, 0.25) is 0 Å². The van der Waals surface area contributed by atoms with Gasteiger partial charge in [0.25, 0.3) is 0 Å². The van der Waals surface area contributed by atoms with Crippen LogP contribution in [0.3, 0.4) is 0 Å². The molecule has 1 aliphatic rings. The van der Waals surface area contributed by atoms with Gasteiger partial charge in [0.2, 0.25) is 5.91 Å². The van der Waals surface area contributed by atoms with E-state index < -0.39 is 6.10 Å². The molecule has 1 aromatic carbocycles. The molecule has 0 bridgehead atoms. The maximum Gasteiger partial charge on any atom is 0.225 e. The fourth-order valence-electron chi connectivity index (χ4n) is 2.47. The molecular weight excluding hydrogens is 240 g/mol. The van der Waals surface area contributed by atoms with Gasteiger partial charge in [0, 0.05) is 13.6 Å². The van der Waals surface area contributed by atoms with Crippen LogP contribution < -0.4 is 5.32 Å². The Hall–Kier alpha value is -1.39. The van der Waals surface area contributed by atoms with Crippen molar-refractivity contribution in [1.82, 2.24) is 10.2 Å². The summed E-state index contributed by atoms with van der Waals surface area (Å²) in [6.45, 7) is 2.80. The van der Waals surface area contributed by atoms with Crippen molar-refractivity contribution in [3.05, 3.63) is 35.9 Å². The summed E-state index contributed by atoms with van der Waals surface area (Å²) in [7, 11) is 1.82. The molecule has 1 heterocycles. The molecule has 1 saturated heterocycles. The zero-order valence-corrected chi connectivity index (χ0v) is 11.4. The highest BCUT2D eigenvalue weighted by Gasteiger charge is 2.21. The van der Waals surface area contributed by atoms with Gasteiger partial charge in [-0.2, -0.15) is 0 Å². The highest BCUT2D eigenvalue weighted by Crippen LogP contribution is 2.17. The number of aliphatic hydroxyl groups is 1. The average molecular weight is 262 g/mol. The topological polar surface area (TPSA) is 52.6 Å². The van der Waals surface area contributed by atoms with Crippen molar-refractivity contribution in [2.45, 2.75) is 18.9 Å². The van der Waals surface area contributed by atoms with Crippen molar-refractivity contribution < 1.29 is 9.90 Å².